The number of amides is 2. The molecule has 40 heavy (non-hydrogen) atoms. The number of allylic oxidation sites excluding steroid dienone is 2. The van der Waals surface area contributed by atoms with E-state index in [2.05, 4.69) is 19.9 Å². The second-order valence-electron chi connectivity index (χ2n) is 11.0. The van der Waals surface area contributed by atoms with Crippen molar-refractivity contribution >= 4 is 29.3 Å². The number of nitro benzene ring substituents is 1. The summed E-state index contributed by atoms with van der Waals surface area (Å²) in [7, 11) is 0. The number of carbonyl (C=O) groups excluding carboxylic acids is 2. The normalized spacial score (nSPS) is 24.4. The summed E-state index contributed by atoms with van der Waals surface area (Å²) in [6, 6.07) is 13.1. The molecule has 2 aliphatic heterocycles. The molecule has 1 aliphatic carbocycles. The molecule has 2 aromatic rings. The minimum Gasteiger partial charge on any atom is -0.507 e. The minimum absolute atomic E-state index is 0.119. The summed E-state index contributed by atoms with van der Waals surface area (Å²) < 4.78 is 6.36. The van der Waals surface area contributed by atoms with E-state index in [1.165, 1.54) is 34.9 Å². The third-order valence-electron chi connectivity index (χ3n) is 8.45. The van der Waals surface area contributed by atoms with Crippen LogP contribution in [0.4, 0.5) is 11.4 Å². The average molecular weight is 545 g/mol. The largest absolute Gasteiger partial charge is 0.507 e. The molecule has 2 amide bonds. The number of imide groups is 1. The van der Waals surface area contributed by atoms with Crippen LogP contribution in [-0.4, -0.2) is 34.6 Å². The molecule has 2 fully saturated rings. The Labute approximate surface area is 234 Å². The lowest BCUT2D eigenvalue weighted by molar-refractivity contribution is -0.384. The van der Waals surface area contributed by atoms with E-state index in [1.54, 1.807) is 12.1 Å². The van der Waals surface area contributed by atoms with E-state index >= 15 is 0 Å². The molecule has 8 heteroatoms. The van der Waals surface area contributed by atoms with Gasteiger partial charge in [-0.15, -0.1) is 0 Å². The van der Waals surface area contributed by atoms with Gasteiger partial charge in [0.15, 0.2) is 0 Å². The molecule has 2 saturated heterocycles. The van der Waals surface area contributed by atoms with Crippen molar-refractivity contribution in [1.82, 2.24) is 0 Å². The first-order valence-corrected chi connectivity index (χ1v) is 14.3. The molecule has 1 N–H and O–H groups in total. The van der Waals surface area contributed by atoms with Gasteiger partial charge in [-0.05, 0) is 49.8 Å². The van der Waals surface area contributed by atoms with Gasteiger partial charge in [0, 0.05) is 23.6 Å². The lowest BCUT2D eigenvalue weighted by Crippen LogP contribution is -2.34. The summed E-state index contributed by atoms with van der Waals surface area (Å²) in [6.07, 6.45) is 7.74. The Kier molecular flexibility index (Phi) is 8.17. The number of nitrogens with zero attached hydrogens (tertiary/aromatic N) is 2. The van der Waals surface area contributed by atoms with Gasteiger partial charge in [-0.1, -0.05) is 68.2 Å². The second-order valence-corrected chi connectivity index (χ2v) is 11.0. The number of ether oxygens (including phenoxy) is 1. The average Bonchev–Trinajstić information content (AvgIpc) is 3.47. The fraction of sp³-hybridized carbons (Fsp3) is 0.438. The van der Waals surface area contributed by atoms with Crippen LogP contribution >= 0.6 is 0 Å². The zero-order valence-corrected chi connectivity index (χ0v) is 23.0. The minimum atomic E-state index is -0.517. The molecule has 0 unspecified atom stereocenters. The van der Waals surface area contributed by atoms with Gasteiger partial charge < -0.3 is 9.84 Å². The lowest BCUT2D eigenvalue weighted by atomic mass is 9.68. The van der Waals surface area contributed by atoms with Gasteiger partial charge in [0.2, 0.25) is 11.8 Å². The zero-order valence-electron chi connectivity index (χ0n) is 23.0. The van der Waals surface area contributed by atoms with Crippen molar-refractivity contribution in [2.45, 2.75) is 64.9 Å². The quantitative estimate of drug-likeness (QED) is 0.156. The number of non-ortho nitro benzene ring substituents is 1. The standard InChI is InChI=1S/C32H36N2O6/c1-3-8-20(16-21-10-5-6-13-27(21)35)14-15-28-29-22(9-4-2)17-25-30(26(29)19-40-28)32(37)33(31(25)36)23-11-7-12-24(18-23)34(38)39/h5-7,10-13,16,18,25-26,28,30,35H,3-4,8-9,14-15,17,19H2,1-2H3/b20-16+/t25-,26+,28-,30-/m1/s1. The maximum Gasteiger partial charge on any atom is 0.271 e. The highest BCUT2D eigenvalue weighted by Gasteiger charge is 2.57. The number of para-hydroxylation sites is 1. The van der Waals surface area contributed by atoms with Crippen molar-refractivity contribution < 1.29 is 24.4 Å². The summed E-state index contributed by atoms with van der Waals surface area (Å²) in [5, 5.41) is 21.6. The van der Waals surface area contributed by atoms with Crippen LogP contribution in [0.15, 0.2) is 65.3 Å². The van der Waals surface area contributed by atoms with E-state index in [1.807, 2.05) is 18.2 Å². The van der Waals surface area contributed by atoms with Gasteiger partial charge in [0.25, 0.3) is 5.69 Å². The summed E-state index contributed by atoms with van der Waals surface area (Å²) in [4.78, 5) is 39.3. The molecular formula is C32H36N2O6. The van der Waals surface area contributed by atoms with Crippen LogP contribution in [0.5, 0.6) is 5.75 Å². The molecule has 0 radical (unpaired) electrons. The Morgan fingerprint density at radius 1 is 1.07 bits per heavy atom. The van der Waals surface area contributed by atoms with Crippen LogP contribution in [0, 0.1) is 27.9 Å². The highest BCUT2D eigenvalue weighted by molar-refractivity contribution is 6.22. The van der Waals surface area contributed by atoms with Crippen molar-refractivity contribution in [3.63, 3.8) is 0 Å². The van der Waals surface area contributed by atoms with Gasteiger partial charge in [-0.2, -0.15) is 0 Å². The Morgan fingerprint density at radius 3 is 2.60 bits per heavy atom. The first-order valence-electron chi connectivity index (χ1n) is 14.3. The number of fused-ring (bicyclic) bond motifs is 3. The predicted octanol–water partition coefficient (Wildman–Crippen LogP) is 6.59. The van der Waals surface area contributed by atoms with Gasteiger partial charge in [0.1, 0.15) is 5.75 Å². The molecule has 8 nitrogen and oxygen atoms in total. The molecule has 2 heterocycles. The van der Waals surface area contributed by atoms with Crippen LogP contribution in [0.25, 0.3) is 6.08 Å². The molecule has 4 atom stereocenters. The lowest BCUT2D eigenvalue weighted by Gasteiger charge is -2.32. The topological polar surface area (TPSA) is 110 Å². The van der Waals surface area contributed by atoms with E-state index < -0.39 is 16.8 Å². The number of aromatic hydroxyl groups is 1. The number of hydrogen-bond donors (Lipinski definition) is 1. The van der Waals surface area contributed by atoms with Crippen LogP contribution in [0.2, 0.25) is 0 Å². The van der Waals surface area contributed by atoms with E-state index in [4.69, 9.17) is 4.74 Å². The molecule has 5 rings (SSSR count). The summed E-state index contributed by atoms with van der Waals surface area (Å²) in [5.41, 5.74) is 4.56. The van der Waals surface area contributed by atoms with Gasteiger partial charge in [-0.3, -0.25) is 19.7 Å². The number of rotatable bonds is 10. The molecule has 2 aromatic carbocycles. The van der Waals surface area contributed by atoms with Crippen LogP contribution in [-0.2, 0) is 14.3 Å². The van der Waals surface area contributed by atoms with Crippen LogP contribution in [0.1, 0.15) is 64.4 Å². The number of phenols is 1. The fourth-order valence-corrected chi connectivity index (χ4v) is 6.75. The van der Waals surface area contributed by atoms with E-state index in [0.29, 0.717) is 13.0 Å². The third-order valence-corrected chi connectivity index (χ3v) is 8.45. The number of nitro groups is 1. The molecular weight excluding hydrogens is 508 g/mol. The summed E-state index contributed by atoms with van der Waals surface area (Å²) >= 11 is 0. The van der Waals surface area contributed by atoms with Crippen LogP contribution < -0.4 is 4.90 Å². The monoisotopic (exact) mass is 544 g/mol. The van der Waals surface area contributed by atoms with Gasteiger partial charge >= 0.3 is 0 Å². The number of phenolic OH excluding ortho intramolecular Hbond substituents is 1. The smallest absolute Gasteiger partial charge is 0.271 e. The highest BCUT2D eigenvalue weighted by atomic mass is 16.6. The molecule has 0 spiro atoms. The maximum atomic E-state index is 13.8. The molecule has 3 aliphatic rings. The van der Waals surface area contributed by atoms with Crippen molar-refractivity contribution in [3.05, 3.63) is 80.9 Å². The van der Waals surface area contributed by atoms with Crippen LogP contribution in [0.3, 0.4) is 0 Å². The Balaban J connectivity index is 1.40. The van der Waals surface area contributed by atoms with Crippen molar-refractivity contribution in [3.8, 4) is 5.75 Å². The fourth-order valence-electron chi connectivity index (χ4n) is 6.75. The SMILES string of the molecule is CCCC1=C2[C@@H](CC/C(=C/c3ccccc3O)CCC)OC[C@@H]2[C@@H]2C(=O)N(c3cccc([N+](=O)[O-])c3)C(=O)[C@@H]2C1. The first kappa shape index (κ1) is 27.8. The van der Waals surface area contributed by atoms with Gasteiger partial charge in [-0.25, -0.2) is 4.90 Å². The summed E-state index contributed by atoms with van der Waals surface area (Å²) in [6.45, 7) is 4.65. The predicted molar refractivity (Wildman–Crippen MR) is 153 cm³/mol. The Hall–Kier alpha value is -3.78. The molecule has 210 valence electrons. The number of benzene rings is 2. The molecule has 0 aromatic heterocycles. The van der Waals surface area contributed by atoms with Gasteiger partial charge in [0.05, 0.1) is 35.2 Å². The van der Waals surface area contributed by atoms with Crippen molar-refractivity contribution in [2.24, 2.45) is 17.8 Å². The third kappa shape index (κ3) is 5.20. The van der Waals surface area contributed by atoms with Crippen molar-refractivity contribution in [2.75, 3.05) is 11.5 Å². The molecule has 0 saturated carbocycles. The number of hydrogen-bond acceptors (Lipinski definition) is 6. The maximum absolute atomic E-state index is 13.8. The summed E-state index contributed by atoms with van der Waals surface area (Å²) in [5.74, 6) is -1.45. The second kappa shape index (κ2) is 11.8. The Morgan fingerprint density at radius 2 is 1.88 bits per heavy atom. The Bertz CT molecular complexity index is 1380. The molecule has 0 bridgehead atoms. The van der Waals surface area contributed by atoms with E-state index in [9.17, 15) is 24.8 Å². The number of anilines is 1. The van der Waals surface area contributed by atoms with E-state index in [0.717, 1.165) is 49.0 Å². The zero-order chi connectivity index (χ0) is 28.4. The van der Waals surface area contributed by atoms with E-state index in [-0.39, 0.29) is 41.0 Å². The number of carbonyl (C=O) groups is 2. The first-order chi connectivity index (χ1) is 19.3. The van der Waals surface area contributed by atoms with Crippen molar-refractivity contribution in [1.29, 1.82) is 0 Å². The highest BCUT2D eigenvalue weighted by Crippen LogP contribution is 2.51.